The number of carbonyl (C=O) groups excluding carboxylic acids is 1. The highest BCUT2D eigenvalue weighted by Gasteiger charge is 2.09. The first-order chi connectivity index (χ1) is 12.7. The third-order valence-electron chi connectivity index (χ3n) is 4.22. The normalized spacial score (nSPS) is 11.0. The summed E-state index contributed by atoms with van der Waals surface area (Å²) in [5.41, 5.74) is 5.24. The van der Waals surface area contributed by atoms with Gasteiger partial charge in [0.1, 0.15) is 5.01 Å². The van der Waals surface area contributed by atoms with E-state index in [2.05, 4.69) is 33.5 Å². The Kier molecular flexibility index (Phi) is 4.54. The van der Waals surface area contributed by atoms with Crippen molar-refractivity contribution in [2.45, 2.75) is 19.9 Å². The third-order valence-corrected chi connectivity index (χ3v) is 5.16. The van der Waals surface area contributed by atoms with E-state index in [1.807, 2.05) is 48.7 Å². The van der Waals surface area contributed by atoms with Crippen LogP contribution in [0.2, 0.25) is 0 Å². The van der Waals surface area contributed by atoms with Crippen molar-refractivity contribution >= 4 is 28.1 Å². The topological polar surface area (TPSA) is 57.8 Å². The first-order valence-electron chi connectivity index (χ1n) is 8.52. The number of benzene rings is 2. The maximum absolute atomic E-state index is 12.2. The van der Waals surface area contributed by atoms with Gasteiger partial charge >= 0.3 is 0 Å². The predicted octanol–water partition coefficient (Wildman–Crippen LogP) is 4.46. The van der Waals surface area contributed by atoms with Crippen LogP contribution in [0, 0.1) is 6.92 Å². The highest BCUT2D eigenvalue weighted by molar-refractivity contribution is 7.13. The van der Waals surface area contributed by atoms with Crippen LogP contribution >= 0.6 is 11.3 Å². The molecule has 0 aliphatic rings. The van der Waals surface area contributed by atoms with E-state index >= 15 is 0 Å². The van der Waals surface area contributed by atoms with Crippen LogP contribution in [0.5, 0.6) is 0 Å². The lowest BCUT2D eigenvalue weighted by atomic mass is 10.1. The largest absolute Gasteiger partial charge is 0.359 e. The number of hydrogen-bond acceptors (Lipinski definition) is 3. The second-order valence-corrected chi connectivity index (χ2v) is 7.20. The maximum atomic E-state index is 12.2. The van der Waals surface area contributed by atoms with Crippen molar-refractivity contribution in [1.29, 1.82) is 0 Å². The minimum absolute atomic E-state index is 0.0137. The lowest BCUT2D eigenvalue weighted by Crippen LogP contribution is -2.24. The molecule has 0 unspecified atom stereocenters. The summed E-state index contributed by atoms with van der Waals surface area (Å²) in [5, 5.41) is 7.05. The average Bonchev–Trinajstić information content (AvgIpc) is 3.26. The number of amides is 1. The average molecular weight is 361 g/mol. The van der Waals surface area contributed by atoms with Crippen LogP contribution in [0.25, 0.3) is 21.5 Å². The Morgan fingerprint density at radius 2 is 2.00 bits per heavy atom. The smallest absolute Gasteiger partial charge is 0.226 e. The fourth-order valence-corrected chi connectivity index (χ4v) is 3.79. The molecule has 0 saturated heterocycles. The molecule has 0 fully saturated rings. The number of aromatic nitrogens is 2. The number of nitrogens with one attached hydrogen (secondary N) is 2. The van der Waals surface area contributed by atoms with Crippen LogP contribution in [-0.2, 0) is 17.8 Å². The Balaban J connectivity index is 1.37. The Hall–Kier alpha value is -2.92. The standard InChI is InChI=1S/C21H19N3OS/c1-14-9-17-10-15(7-8-19(17)23-14)12-22-20(25)11-18-13-26-21(24-18)16-5-3-2-4-6-16/h2-10,13,23H,11-12H2,1H3,(H,22,25). The van der Waals surface area contributed by atoms with Crippen LogP contribution in [0.3, 0.4) is 0 Å². The van der Waals surface area contributed by atoms with E-state index in [1.165, 1.54) is 5.39 Å². The molecule has 0 bridgehead atoms. The number of aromatic amines is 1. The van der Waals surface area contributed by atoms with Crippen LogP contribution in [-0.4, -0.2) is 15.9 Å². The highest BCUT2D eigenvalue weighted by atomic mass is 32.1. The molecule has 2 N–H and O–H groups in total. The molecule has 2 heterocycles. The molecule has 26 heavy (non-hydrogen) atoms. The van der Waals surface area contributed by atoms with Crippen LogP contribution in [0.15, 0.2) is 60.0 Å². The number of aryl methyl sites for hydroxylation is 1. The van der Waals surface area contributed by atoms with E-state index in [0.29, 0.717) is 13.0 Å². The van der Waals surface area contributed by atoms with E-state index in [-0.39, 0.29) is 5.91 Å². The highest BCUT2D eigenvalue weighted by Crippen LogP contribution is 2.23. The molecule has 4 rings (SSSR count). The van der Waals surface area contributed by atoms with E-state index in [1.54, 1.807) is 11.3 Å². The monoisotopic (exact) mass is 361 g/mol. The zero-order valence-electron chi connectivity index (χ0n) is 14.5. The second-order valence-electron chi connectivity index (χ2n) is 6.34. The van der Waals surface area contributed by atoms with Crippen LogP contribution < -0.4 is 5.32 Å². The first-order valence-corrected chi connectivity index (χ1v) is 9.40. The Morgan fingerprint density at radius 3 is 2.85 bits per heavy atom. The van der Waals surface area contributed by atoms with Crippen LogP contribution in [0.4, 0.5) is 0 Å². The van der Waals surface area contributed by atoms with Crippen molar-refractivity contribution in [3.63, 3.8) is 0 Å². The lowest BCUT2D eigenvalue weighted by molar-refractivity contribution is -0.120. The molecule has 5 heteroatoms. The quantitative estimate of drug-likeness (QED) is 0.551. The van der Waals surface area contributed by atoms with Gasteiger partial charge in [-0.05, 0) is 36.1 Å². The molecule has 2 aromatic carbocycles. The Bertz CT molecular complexity index is 1050. The molecule has 2 aromatic heterocycles. The van der Waals surface area contributed by atoms with Crippen LogP contribution in [0.1, 0.15) is 17.0 Å². The lowest BCUT2D eigenvalue weighted by Gasteiger charge is -2.04. The minimum atomic E-state index is -0.0137. The molecule has 0 atom stereocenters. The van der Waals surface area contributed by atoms with E-state index in [4.69, 9.17) is 0 Å². The SMILES string of the molecule is Cc1cc2cc(CNC(=O)Cc3csc(-c4ccccc4)n3)ccc2[nH]1. The van der Waals surface area contributed by atoms with Gasteiger partial charge in [-0.25, -0.2) is 4.98 Å². The van der Waals surface area contributed by atoms with Gasteiger partial charge in [-0.15, -0.1) is 11.3 Å². The summed E-state index contributed by atoms with van der Waals surface area (Å²) < 4.78 is 0. The van der Waals surface area contributed by atoms with Crippen molar-refractivity contribution in [2.24, 2.45) is 0 Å². The molecule has 130 valence electrons. The van der Waals surface area contributed by atoms with Gasteiger partial charge in [0.15, 0.2) is 0 Å². The van der Waals surface area contributed by atoms with Gasteiger partial charge < -0.3 is 10.3 Å². The summed E-state index contributed by atoms with van der Waals surface area (Å²) in [6.45, 7) is 2.56. The van der Waals surface area contributed by atoms with Gasteiger partial charge in [-0.2, -0.15) is 0 Å². The fourth-order valence-electron chi connectivity index (χ4n) is 2.97. The summed E-state index contributed by atoms with van der Waals surface area (Å²) >= 11 is 1.57. The minimum Gasteiger partial charge on any atom is -0.359 e. The summed E-state index contributed by atoms with van der Waals surface area (Å²) in [7, 11) is 0. The number of nitrogens with zero attached hydrogens (tertiary/aromatic N) is 1. The number of fused-ring (bicyclic) bond motifs is 1. The molecule has 0 radical (unpaired) electrons. The summed E-state index contributed by atoms with van der Waals surface area (Å²) in [6, 6.07) is 18.3. The molecular formula is C21H19N3OS. The van der Waals surface area contributed by atoms with E-state index in [0.717, 1.165) is 33.0 Å². The summed E-state index contributed by atoms with van der Waals surface area (Å²) in [6.07, 6.45) is 0.300. The van der Waals surface area contributed by atoms with Gasteiger partial charge in [0.05, 0.1) is 12.1 Å². The number of thiazole rings is 1. The number of H-pyrrole nitrogens is 1. The van der Waals surface area contributed by atoms with Gasteiger partial charge in [-0.3, -0.25) is 4.79 Å². The fraction of sp³-hybridized carbons (Fsp3) is 0.143. The zero-order chi connectivity index (χ0) is 17.9. The zero-order valence-corrected chi connectivity index (χ0v) is 15.3. The van der Waals surface area contributed by atoms with Crippen molar-refractivity contribution in [3.8, 4) is 10.6 Å². The van der Waals surface area contributed by atoms with Crippen molar-refractivity contribution in [1.82, 2.24) is 15.3 Å². The van der Waals surface area contributed by atoms with Gasteiger partial charge in [0.25, 0.3) is 0 Å². The molecule has 0 saturated carbocycles. The van der Waals surface area contributed by atoms with Crippen molar-refractivity contribution < 1.29 is 4.79 Å². The Labute approximate surface area is 155 Å². The predicted molar refractivity (Wildman–Crippen MR) is 106 cm³/mol. The Morgan fingerprint density at radius 1 is 1.15 bits per heavy atom. The van der Waals surface area contributed by atoms with Gasteiger partial charge in [-0.1, -0.05) is 36.4 Å². The second kappa shape index (κ2) is 7.14. The summed E-state index contributed by atoms with van der Waals surface area (Å²) in [5.74, 6) is -0.0137. The maximum Gasteiger partial charge on any atom is 0.226 e. The van der Waals surface area contributed by atoms with E-state index in [9.17, 15) is 4.79 Å². The number of carbonyl (C=O) groups is 1. The third kappa shape index (κ3) is 3.68. The van der Waals surface area contributed by atoms with Gasteiger partial charge in [0.2, 0.25) is 5.91 Å². The van der Waals surface area contributed by atoms with E-state index < -0.39 is 0 Å². The number of rotatable bonds is 5. The molecule has 4 aromatic rings. The summed E-state index contributed by atoms with van der Waals surface area (Å²) in [4.78, 5) is 20.1. The van der Waals surface area contributed by atoms with Gasteiger partial charge in [0, 0.05) is 28.7 Å². The molecule has 0 aliphatic heterocycles. The van der Waals surface area contributed by atoms with Crippen molar-refractivity contribution in [3.05, 3.63) is 76.9 Å². The molecule has 4 nitrogen and oxygen atoms in total. The number of hydrogen-bond donors (Lipinski definition) is 2. The molecule has 0 aliphatic carbocycles. The molecule has 1 amide bonds. The molecular weight excluding hydrogens is 342 g/mol. The van der Waals surface area contributed by atoms with Crippen molar-refractivity contribution in [2.75, 3.05) is 0 Å². The first kappa shape index (κ1) is 16.5. The molecule has 0 spiro atoms.